The standard InChI is InChI=1S/C10H9N3O/c14-7-8-3-1-2-4-10(8)13-9-5-11-12-6-9/h1-7,13H,(H,11,12). The van der Waals surface area contributed by atoms with Crippen LogP contribution in [0.2, 0.25) is 0 Å². The van der Waals surface area contributed by atoms with Gasteiger partial charge in [-0.2, -0.15) is 5.10 Å². The maximum Gasteiger partial charge on any atom is 0.152 e. The first kappa shape index (κ1) is 8.50. The van der Waals surface area contributed by atoms with E-state index >= 15 is 0 Å². The van der Waals surface area contributed by atoms with Gasteiger partial charge in [-0.3, -0.25) is 9.89 Å². The van der Waals surface area contributed by atoms with Crippen LogP contribution in [0.1, 0.15) is 10.4 Å². The average Bonchev–Trinajstić information content (AvgIpc) is 2.71. The van der Waals surface area contributed by atoms with Crippen molar-refractivity contribution in [2.24, 2.45) is 0 Å². The van der Waals surface area contributed by atoms with Crippen LogP contribution in [0.4, 0.5) is 11.4 Å². The van der Waals surface area contributed by atoms with Gasteiger partial charge in [-0.1, -0.05) is 12.1 Å². The number of H-pyrrole nitrogens is 1. The summed E-state index contributed by atoms with van der Waals surface area (Å²) in [6.07, 6.45) is 4.20. The molecule has 1 aromatic heterocycles. The van der Waals surface area contributed by atoms with E-state index in [1.54, 1.807) is 18.5 Å². The number of carbonyl (C=O) groups excluding carboxylic acids is 1. The summed E-state index contributed by atoms with van der Waals surface area (Å²) in [5, 5.41) is 9.56. The molecule has 2 rings (SSSR count). The summed E-state index contributed by atoms with van der Waals surface area (Å²) in [4.78, 5) is 10.7. The Bertz CT molecular complexity index is 423. The lowest BCUT2D eigenvalue weighted by molar-refractivity contribution is 0.112. The number of carbonyl (C=O) groups is 1. The van der Waals surface area contributed by atoms with E-state index in [1.807, 2.05) is 18.2 Å². The highest BCUT2D eigenvalue weighted by molar-refractivity contribution is 5.85. The Balaban J connectivity index is 2.28. The molecule has 0 saturated carbocycles. The van der Waals surface area contributed by atoms with E-state index in [2.05, 4.69) is 15.5 Å². The van der Waals surface area contributed by atoms with Gasteiger partial charge in [0.25, 0.3) is 0 Å². The molecule has 0 spiro atoms. The number of rotatable bonds is 3. The minimum atomic E-state index is 0.633. The van der Waals surface area contributed by atoms with E-state index in [-0.39, 0.29) is 0 Å². The highest BCUT2D eigenvalue weighted by atomic mass is 16.1. The number of hydrogen-bond acceptors (Lipinski definition) is 3. The number of nitrogens with one attached hydrogen (secondary N) is 2. The first-order valence-corrected chi connectivity index (χ1v) is 4.20. The van der Waals surface area contributed by atoms with E-state index in [4.69, 9.17) is 0 Å². The van der Waals surface area contributed by atoms with E-state index in [0.29, 0.717) is 5.56 Å². The smallest absolute Gasteiger partial charge is 0.152 e. The highest BCUT2D eigenvalue weighted by Crippen LogP contribution is 2.17. The molecule has 2 aromatic rings. The second kappa shape index (κ2) is 3.74. The minimum absolute atomic E-state index is 0.633. The lowest BCUT2D eigenvalue weighted by Crippen LogP contribution is -1.93. The first-order chi connectivity index (χ1) is 6.90. The maximum absolute atomic E-state index is 10.7. The number of aromatic amines is 1. The van der Waals surface area contributed by atoms with E-state index in [1.165, 1.54) is 0 Å². The Labute approximate surface area is 81.0 Å². The van der Waals surface area contributed by atoms with Crippen LogP contribution in [-0.2, 0) is 0 Å². The number of para-hydroxylation sites is 1. The van der Waals surface area contributed by atoms with Gasteiger partial charge < -0.3 is 5.32 Å². The van der Waals surface area contributed by atoms with Gasteiger partial charge in [-0.05, 0) is 12.1 Å². The molecule has 0 aliphatic carbocycles. The monoisotopic (exact) mass is 187 g/mol. The Morgan fingerprint density at radius 1 is 1.36 bits per heavy atom. The summed E-state index contributed by atoms with van der Waals surface area (Å²) >= 11 is 0. The Morgan fingerprint density at radius 3 is 2.93 bits per heavy atom. The third-order valence-electron chi connectivity index (χ3n) is 1.86. The van der Waals surface area contributed by atoms with E-state index < -0.39 is 0 Å². The summed E-state index contributed by atoms with van der Waals surface area (Å²) < 4.78 is 0. The molecule has 4 heteroatoms. The zero-order valence-electron chi connectivity index (χ0n) is 7.40. The molecule has 14 heavy (non-hydrogen) atoms. The molecule has 1 heterocycles. The van der Waals surface area contributed by atoms with Gasteiger partial charge in [0.1, 0.15) is 0 Å². The molecule has 0 radical (unpaired) electrons. The molecule has 4 nitrogen and oxygen atoms in total. The van der Waals surface area contributed by atoms with Gasteiger partial charge in [0, 0.05) is 17.4 Å². The first-order valence-electron chi connectivity index (χ1n) is 4.20. The molecule has 0 atom stereocenters. The molecule has 0 saturated heterocycles. The van der Waals surface area contributed by atoms with Crippen LogP contribution >= 0.6 is 0 Å². The van der Waals surface area contributed by atoms with Gasteiger partial charge >= 0.3 is 0 Å². The molecule has 0 amide bonds. The fraction of sp³-hybridized carbons (Fsp3) is 0. The summed E-state index contributed by atoms with van der Waals surface area (Å²) in [5.74, 6) is 0. The van der Waals surface area contributed by atoms with Crippen LogP contribution in [0, 0.1) is 0 Å². The molecular formula is C10H9N3O. The van der Waals surface area contributed by atoms with Gasteiger partial charge in [0.15, 0.2) is 6.29 Å². The van der Waals surface area contributed by atoms with Gasteiger partial charge in [0.2, 0.25) is 0 Å². The Kier molecular flexibility index (Phi) is 2.27. The predicted molar refractivity (Wildman–Crippen MR) is 53.7 cm³/mol. The van der Waals surface area contributed by atoms with Crippen molar-refractivity contribution in [1.29, 1.82) is 0 Å². The number of hydrogen-bond donors (Lipinski definition) is 2. The largest absolute Gasteiger partial charge is 0.352 e. The van der Waals surface area contributed by atoms with Crippen molar-refractivity contribution < 1.29 is 4.79 Å². The van der Waals surface area contributed by atoms with Crippen LogP contribution in [-0.4, -0.2) is 16.5 Å². The fourth-order valence-corrected chi connectivity index (χ4v) is 1.19. The third-order valence-corrected chi connectivity index (χ3v) is 1.86. The van der Waals surface area contributed by atoms with E-state index in [0.717, 1.165) is 17.7 Å². The van der Waals surface area contributed by atoms with Crippen molar-refractivity contribution >= 4 is 17.7 Å². The lowest BCUT2D eigenvalue weighted by Gasteiger charge is -2.04. The number of benzene rings is 1. The highest BCUT2D eigenvalue weighted by Gasteiger charge is 2.00. The van der Waals surface area contributed by atoms with Gasteiger partial charge in [-0.15, -0.1) is 0 Å². The molecule has 70 valence electrons. The zero-order chi connectivity index (χ0) is 9.80. The van der Waals surface area contributed by atoms with Crippen LogP contribution in [0.3, 0.4) is 0 Å². The summed E-state index contributed by atoms with van der Waals surface area (Å²) in [6.45, 7) is 0. The minimum Gasteiger partial charge on any atom is -0.352 e. The molecular weight excluding hydrogens is 178 g/mol. The lowest BCUT2D eigenvalue weighted by atomic mass is 10.2. The number of nitrogens with zero attached hydrogens (tertiary/aromatic N) is 1. The van der Waals surface area contributed by atoms with Crippen LogP contribution in [0.5, 0.6) is 0 Å². The quantitative estimate of drug-likeness (QED) is 0.722. The predicted octanol–water partition coefficient (Wildman–Crippen LogP) is 1.97. The van der Waals surface area contributed by atoms with Crippen molar-refractivity contribution in [3.63, 3.8) is 0 Å². The molecule has 0 aliphatic rings. The molecule has 2 N–H and O–H groups in total. The van der Waals surface area contributed by atoms with Crippen molar-refractivity contribution in [3.05, 3.63) is 42.2 Å². The van der Waals surface area contributed by atoms with Crippen molar-refractivity contribution in [2.45, 2.75) is 0 Å². The Hall–Kier alpha value is -2.10. The summed E-state index contributed by atoms with van der Waals surface area (Å²) in [5.41, 5.74) is 2.25. The fourth-order valence-electron chi connectivity index (χ4n) is 1.19. The number of aromatic nitrogens is 2. The third kappa shape index (κ3) is 1.64. The van der Waals surface area contributed by atoms with Gasteiger partial charge in [0.05, 0.1) is 11.9 Å². The maximum atomic E-state index is 10.7. The summed E-state index contributed by atoms with van der Waals surface area (Å²) in [6, 6.07) is 7.30. The normalized spacial score (nSPS) is 9.71. The Morgan fingerprint density at radius 2 is 2.21 bits per heavy atom. The van der Waals surface area contributed by atoms with Crippen LogP contribution in [0.25, 0.3) is 0 Å². The molecule has 0 aliphatic heterocycles. The molecule has 0 bridgehead atoms. The molecule has 1 aromatic carbocycles. The van der Waals surface area contributed by atoms with Gasteiger partial charge in [-0.25, -0.2) is 0 Å². The molecule has 0 fully saturated rings. The zero-order valence-corrected chi connectivity index (χ0v) is 7.40. The van der Waals surface area contributed by atoms with Crippen molar-refractivity contribution in [1.82, 2.24) is 10.2 Å². The van der Waals surface area contributed by atoms with Crippen LogP contribution in [0.15, 0.2) is 36.7 Å². The molecule has 0 unspecified atom stereocenters. The van der Waals surface area contributed by atoms with Crippen LogP contribution < -0.4 is 5.32 Å². The number of aldehydes is 1. The van der Waals surface area contributed by atoms with Crippen molar-refractivity contribution in [3.8, 4) is 0 Å². The number of anilines is 2. The van der Waals surface area contributed by atoms with Crippen molar-refractivity contribution in [2.75, 3.05) is 5.32 Å². The topological polar surface area (TPSA) is 57.8 Å². The average molecular weight is 187 g/mol. The van der Waals surface area contributed by atoms with E-state index in [9.17, 15) is 4.79 Å². The second-order valence-corrected chi connectivity index (χ2v) is 2.82. The summed E-state index contributed by atoms with van der Waals surface area (Å²) in [7, 11) is 0. The SMILES string of the molecule is O=Cc1ccccc1Nc1cn[nH]c1. The second-order valence-electron chi connectivity index (χ2n) is 2.82.